The number of hydrogen-bond donors (Lipinski definition) is 3. The quantitative estimate of drug-likeness (QED) is 0.562. The van der Waals surface area contributed by atoms with E-state index in [1.807, 2.05) is 0 Å². The Morgan fingerprint density at radius 2 is 2.08 bits per heavy atom. The van der Waals surface area contributed by atoms with E-state index >= 15 is 0 Å². The van der Waals surface area contributed by atoms with Crippen LogP contribution in [0.3, 0.4) is 0 Å². The first-order valence-electron chi connectivity index (χ1n) is 4.74. The van der Waals surface area contributed by atoms with E-state index in [1.165, 1.54) is 0 Å². The molecule has 1 aliphatic carbocycles. The van der Waals surface area contributed by atoms with E-state index in [0.717, 1.165) is 12.8 Å². The van der Waals surface area contributed by atoms with Crippen molar-refractivity contribution in [3.8, 4) is 0 Å². The van der Waals surface area contributed by atoms with Gasteiger partial charge in [-0.1, -0.05) is 0 Å². The third-order valence-corrected chi connectivity index (χ3v) is 2.64. The van der Waals surface area contributed by atoms with Gasteiger partial charge in [-0.25, -0.2) is 0 Å². The monoisotopic (exact) mass is 186 g/mol. The number of aliphatic hydroxyl groups is 1. The molecule has 2 atom stereocenters. The lowest BCUT2D eigenvalue weighted by atomic mass is 9.80. The third kappa shape index (κ3) is 2.67. The van der Waals surface area contributed by atoms with E-state index in [9.17, 15) is 4.79 Å². The molecule has 0 spiro atoms. The van der Waals surface area contributed by atoms with E-state index in [-0.39, 0.29) is 23.9 Å². The predicted octanol–water partition coefficient (Wildman–Crippen LogP) is -0.391. The average Bonchev–Trinajstić information content (AvgIpc) is 1.98. The minimum absolute atomic E-state index is 0.0232. The van der Waals surface area contributed by atoms with E-state index in [4.69, 9.17) is 10.8 Å². The SMILES string of the molecule is CC(O)C(C)NC(=O)C1CC(N)C1. The van der Waals surface area contributed by atoms with Crippen molar-refractivity contribution in [3.63, 3.8) is 0 Å². The molecule has 13 heavy (non-hydrogen) atoms. The fraction of sp³-hybridized carbons (Fsp3) is 0.889. The maximum absolute atomic E-state index is 11.4. The van der Waals surface area contributed by atoms with Crippen LogP contribution in [0.1, 0.15) is 26.7 Å². The molecule has 0 aromatic carbocycles. The molecule has 0 aromatic rings. The van der Waals surface area contributed by atoms with Gasteiger partial charge in [-0.2, -0.15) is 0 Å². The molecule has 0 bridgehead atoms. The standard InChI is InChI=1S/C9H18N2O2/c1-5(6(2)12)11-9(13)7-3-8(10)4-7/h5-8,12H,3-4,10H2,1-2H3,(H,11,13). The third-order valence-electron chi connectivity index (χ3n) is 2.64. The van der Waals surface area contributed by atoms with Gasteiger partial charge < -0.3 is 16.2 Å². The fourth-order valence-electron chi connectivity index (χ4n) is 1.34. The zero-order valence-corrected chi connectivity index (χ0v) is 8.16. The highest BCUT2D eigenvalue weighted by molar-refractivity contribution is 5.80. The van der Waals surface area contributed by atoms with Crippen LogP contribution in [-0.2, 0) is 4.79 Å². The van der Waals surface area contributed by atoms with E-state index < -0.39 is 6.10 Å². The molecule has 0 saturated heterocycles. The summed E-state index contributed by atoms with van der Waals surface area (Å²) in [6.45, 7) is 3.46. The lowest BCUT2D eigenvalue weighted by Gasteiger charge is -2.32. The maximum Gasteiger partial charge on any atom is 0.223 e. The van der Waals surface area contributed by atoms with Crippen LogP contribution in [0, 0.1) is 5.92 Å². The van der Waals surface area contributed by atoms with E-state index in [1.54, 1.807) is 13.8 Å². The number of rotatable bonds is 3. The Morgan fingerprint density at radius 3 is 2.46 bits per heavy atom. The topological polar surface area (TPSA) is 75.3 Å². The Bertz CT molecular complexity index is 188. The molecule has 0 radical (unpaired) electrons. The van der Waals surface area contributed by atoms with Crippen LogP contribution < -0.4 is 11.1 Å². The van der Waals surface area contributed by atoms with Gasteiger partial charge in [0.05, 0.1) is 12.1 Å². The van der Waals surface area contributed by atoms with Gasteiger partial charge in [0, 0.05) is 12.0 Å². The van der Waals surface area contributed by atoms with Crippen LogP contribution in [0.5, 0.6) is 0 Å². The summed E-state index contributed by atoms with van der Waals surface area (Å²) in [5.74, 6) is 0.0892. The summed E-state index contributed by atoms with van der Waals surface area (Å²) in [4.78, 5) is 11.4. The second-order valence-electron chi connectivity index (χ2n) is 3.97. The minimum Gasteiger partial charge on any atom is -0.391 e. The van der Waals surface area contributed by atoms with Crippen LogP contribution in [-0.4, -0.2) is 29.2 Å². The van der Waals surface area contributed by atoms with Crippen LogP contribution in [0.2, 0.25) is 0 Å². The molecule has 0 aromatic heterocycles. The molecule has 76 valence electrons. The summed E-state index contributed by atoms with van der Waals surface area (Å²) in [5, 5.41) is 11.9. The smallest absolute Gasteiger partial charge is 0.223 e. The van der Waals surface area contributed by atoms with Crippen molar-refractivity contribution in [2.75, 3.05) is 0 Å². The molecule has 1 aliphatic rings. The Balaban J connectivity index is 2.25. The number of hydrogen-bond acceptors (Lipinski definition) is 3. The summed E-state index contributed by atoms with van der Waals surface area (Å²) in [6.07, 6.45) is 1.05. The molecule has 1 amide bonds. The van der Waals surface area contributed by atoms with Gasteiger partial charge in [-0.15, -0.1) is 0 Å². The van der Waals surface area contributed by atoms with Gasteiger partial charge in [0.15, 0.2) is 0 Å². The lowest BCUT2D eigenvalue weighted by molar-refractivity contribution is -0.129. The normalized spacial score (nSPS) is 31.7. The van der Waals surface area contributed by atoms with Crippen molar-refractivity contribution in [2.24, 2.45) is 11.7 Å². The van der Waals surface area contributed by atoms with Crippen LogP contribution in [0.25, 0.3) is 0 Å². The second kappa shape index (κ2) is 4.07. The van der Waals surface area contributed by atoms with Crippen molar-refractivity contribution < 1.29 is 9.90 Å². The Hall–Kier alpha value is -0.610. The molecule has 2 unspecified atom stereocenters. The van der Waals surface area contributed by atoms with Gasteiger partial charge in [0.25, 0.3) is 0 Å². The highest BCUT2D eigenvalue weighted by atomic mass is 16.3. The highest BCUT2D eigenvalue weighted by Gasteiger charge is 2.32. The Labute approximate surface area is 78.5 Å². The Morgan fingerprint density at radius 1 is 1.54 bits per heavy atom. The molecule has 4 heteroatoms. The summed E-state index contributed by atoms with van der Waals surface area (Å²) < 4.78 is 0. The molecule has 0 heterocycles. The molecule has 1 saturated carbocycles. The van der Waals surface area contributed by atoms with Crippen molar-refractivity contribution in [2.45, 2.75) is 44.9 Å². The van der Waals surface area contributed by atoms with Gasteiger partial charge in [-0.05, 0) is 26.7 Å². The molecule has 4 N–H and O–H groups in total. The van der Waals surface area contributed by atoms with Crippen molar-refractivity contribution in [3.05, 3.63) is 0 Å². The lowest BCUT2D eigenvalue weighted by Crippen LogP contribution is -2.49. The highest BCUT2D eigenvalue weighted by Crippen LogP contribution is 2.25. The first-order chi connectivity index (χ1) is 6.00. The van der Waals surface area contributed by atoms with Crippen molar-refractivity contribution in [1.29, 1.82) is 0 Å². The van der Waals surface area contributed by atoms with Gasteiger partial charge >= 0.3 is 0 Å². The van der Waals surface area contributed by atoms with E-state index in [0.29, 0.717) is 0 Å². The van der Waals surface area contributed by atoms with Crippen LogP contribution >= 0.6 is 0 Å². The first-order valence-corrected chi connectivity index (χ1v) is 4.74. The second-order valence-corrected chi connectivity index (χ2v) is 3.97. The van der Waals surface area contributed by atoms with Crippen LogP contribution in [0.4, 0.5) is 0 Å². The van der Waals surface area contributed by atoms with E-state index in [2.05, 4.69) is 5.32 Å². The predicted molar refractivity (Wildman–Crippen MR) is 50.0 cm³/mol. The first kappa shape index (κ1) is 10.5. The van der Waals surface area contributed by atoms with Crippen molar-refractivity contribution in [1.82, 2.24) is 5.32 Å². The number of carbonyl (C=O) groups excluding carboxylic acids is 1. The summed E-state index contributed by atoms with van der Waals surface area (Å²) >= 11 is 0. The molecular formula is C9H18N2O2. The molecular weight excluding hydrogens is 168 g/mol. The van der Waals surface area contributed by atoms with Gasteiger partial charge in [0.1, 0.15) is 0 Å². The number of nitrogens with one attached hydrogen (secondary N) is 1. The zero-order valence-electron chi connectivity index (χ0n) is 8.16. The summed E-state index contributed by atoms with van der Waals surface area (Å²) in [5.41, 5.74) is 5.57. The Kier molecular flexibility index (Phi) is 3.27. The molecule has 1 fully saturated rings. The number of carbonyl (C=O) groups is 1. The van der Waals surface area contributed by atoms with Gasteiger partial charge in [-0.3, -0.25) is 4.79 Å². The van der Waals surface area contributed by atoms with Gasteiger partial charge in [0.2, 0.25) is 5.91 Å². The minimum atomic E-state index is -0.502. The zero-order chi connectivity index (χ0) is 10.0. The molecule has 4 nitrogen and oxygen atoms in total. The molecule has 1 rings (SSSR count). The number of amides is 1. The largest absolute Gasteiger partial charge is 0.391 e. The van der Waals surface area contributed by atoms with Crippen molar-refractivity contribution >= 4 is 5.91 Å². The fourth-order valence-corrected chi connectivity index (χ4v) is 1.34. The summed E-state index contributed by atoms with van der Waals surface area (Å²) in [6, 6.07) is 0.0157. The average molecular weight is 186 g/mol. The molecule has 0 aliphatic heterocycles. The van der Waals surface area contributed by atoms with Crippen LogP contribution in [0.15, 0.2) is 0 Å². The summed E-state index contributed by atoms with van der Waals surface area (Å²) in [7, 11) is 0. The maximum atomic E-state index is 11.4. The number of aliphatic hydroxyl groups excluding tert-OH is 1. The number of nitrogens with two attached hydrogens (primary N) is 1.